The van der Waals surface area contributed by atoms with Crippen molar-refractivity contribution in [1.82, 2.24) is 9.36 Å². The molecule has 0 saturated heterocycles. The zero-order chi connectivity index (χ0) is 9.59. The van der Waals surface area contributed by atoms with E-state index in [2.05, 4.69) is 0 Å². The monoisotopic (exact) mass is 177 g/mol. The lowest BCUT2D eigenvalue weighted by atomic mass is 10.2. The van der Waals surface area contributed by atoms with E-state index in [1.54, 1.807) is 34.6 Å². The second-order valence-electron chi connectivity index (χ2n) is 3.13. The number of nitrogens with zero attached hydrogens (tertiary/aromatic N) is 2. The second-order valence-corrected chi connectivity index (χ2v) is 3.13. The summed E-state index contributed by atoms with van der Waals surface area (Å²) in [4.78, 5) is 11.6. The van der Waals surface area contributed by atoms with Crippen LogP contribution in [0.5, 0.6) is 0 Å². The van der Waals surface area contributed by atoms with Crippen LogP contribution in [0.3, 0.4) is 0 Å². The Kier molecular flexibility index (Phi) is 1.45. The van der Waals surface area contributed by atoms with Crippen molar-refractivity contribution in [3.63, 3.8) is 0 Å². The maximum Gasteiger partial charge on any atom is 0.274 e. The summed E-state index contributed by atoms with van der Waals surface area (Å²) in [6.45, 7) is 0. The molecule has 0 aliphatic rings. The second kappa shape index (κ2) is 2.39. The summed E-state index contributed by atoms with van der Waals surface area (Å²) in [6, 6.07) is 5.30. The summed E-state index contributed by atoms with van der Waals surface area (Å²) in [5.41, 5.74) is 7.18. The number of nitrogens with two attached hydrogens (primary N) is 1. The minimum atomic E-state index is 0.0116. The Hall–Kier alpha value is -1.71. The molecule has 1 heterocycles. The van der Waals surface area contributed by atoms with Crippen LogP contribution in [-0.4, -0.2) is 9.36 Å². The maximum atomic E-state index is 11.6. The number of anilines is 1. The van der Waals surface area contributed by atoms with E-state index in [-0.39, 0.29) is 5.56 Å². The molecule has 2 rings (SSSR count). The number of nitrogen functional groups attached to an aromatic ring is 1. The van der Waals surface area contributed by atoms with Crippen LogP contribution in [0, 0.1) is 0 Å². The molecule has 0 spiro atoms. The Labute approximate surface area is 75.2 Å². The van der Waals surface area contributed by atoms with Gasteiger partial charge >= 0.3 is 0 Å². The number of rotatable bonds is 0. The van der Waals surface area contributed by atoms with E-state index >= 15 is 0 Å². The van der Waals surface area contributed by atoms with Crippen molar-refractivity contribution < 1.29 is 0 Å². The average molecular weight is 177 g/mol. The summed E-state index contributed by atoms with van der Waals surface area (Å²) in [6.07, 6.45) is 0. The predicted octanol–water partition coefficient (Wildman–Crippen LogP) is 0.459. The fourth-order valence-electron chi connectivity index (χ4n) is 1.47. The van der Waals surface area contributed by atoms with Crippen molar-refractivity contribution in [2.45, 2.75) is 0 Å². The molecule has 1 aromatic heterocycles. The van der Waals surface area contributed by atoms with Crippen LogP contribution in [0.2, 0.25) is 0 Å². The smallest absolute Gasteiger partial charge is 0.274 e. The van der Waals surface area contributed by atoms with Crippen molar-refractivity contribution in [1.29, 1.82) is 0 Å². The van der Waals surface area contributed by atoms with Crippen molar-refractivity contribution >= 4 is 16.6 Å². The summed E-state index contributed by atoms with van der Waals surface area (Å²) in [5, 5.41) is 0.708. The fourth-order valence-corrected chi connectivity index (χ4v) is 1.47. The fraction of sp³-hybridized carbons (Fsp3) is 0.222. The van der Waals surface area contributed by atoms with Crippen molar-refractivity contribution in [3.8, 4) is 0 Å². The first kappa shape index (κ1) is 7.91. The number of fused-ring (bicyclic) bond motifs is 1. The van der Waals surface area contributed by atoms with Crippen molar-refractivity contribution in [2.24, 2.45) is 14.1 Å². The van der Waals surface area contributed by atoms with Gasteiger partial charge in [0.25, 0.3) is 5.56 Å². The summed E-state index contributed by atoms with van der Waals surface area (Å²) in [7, 11) is 3.57. The van der Waals surface area contributed by atoms with Crippen LogP contribution in [0.25, 0.3) is 10.9 Å². The zero-order valence-electron chi connectivity index (χ0n) is 7.61. The summed E-state index contributed by atoms with van der Waals surface area (Å²) in [5.74, 6) is 0. The predicted molar refractivity (Wildman–Crippen MR) is 52.6 cm³/mol. The minimum absolute atomic E-state index is 0.0116. The van der Waals surface area contributed by atoms with Crippen LogP contribution in [0.15, 0.2) is 23.0 Å². The average Bonchev–Trinajstić information content (AvgIpc) is 2.32. The van der Waals surface area contributed by atoms with Gasteiger partial charge in [0.15, 0.2) is 0 Å². The molecular formula is C9H11N3O. The van der Waals surface area contributed by atoms with E-state index in [1.165, 1.54) is 0 Å². The molecule has 0 fully saturated rings. The number of hydrogen-bond donors (Lipinski definition) is 1. The van der Waals surface area contributed by atoms with Crippen LogP contribution < -0.4 is 11.3 Å². The van der Waals surface area contributed by atoms with Crippen LogP contribution in [-0.2, 0) is 14.1 Å². The highest BCUT2D eigenvalue weighted by Crippen LogP contribution is 2.13. The van der Waals surface area contributed by atoms with Gasteiger partial charge in [0.05, 0.1) is 10.9 Å². The van der Waals surface area contributed by atoms with Crippen LogP contribution in [0.4, 0.5) is 5.69 Å². The molecule has 0 unspecified atom stereocenters. The molecule has 4 nitrogen and oxygen atoms in total. The first-order valence-corrected chi connectivity index (χ1v) is 4.02. The van der Waals surface area contributed by atoms with Gasteiger partial charge in [0.2, 0.25) is 0 Å². The lowest BCUT2D eigenvalue weighted by molar-refractivity contribution is 0.595. The maximum absolute atomic E-state index is 11.6. The highest BCUT2D eigenvalue weighted by Gasteiger charge is 2.06. The number of aromatic nitrogens is 2. The third-order valence-corrected chi connectivity index (χ3v) is 2.34. The Morgan fingerprint density at radius 3 is 2.62 bits per heavy atom. The van der Waals surface area contributed by atoms with Gasteiger partial charge in [-0.3, -0.25) is 14.2 Å². The Balaban J connectivity index is 3.04. The zero-order valence-corrected chi connectivity index (χ0v) is 7.61. The van der Waals surface area contributed by atoms with Gasteiger partial charge in [-0.05, 0) is 18.2 Å². The molecule has 0 atom stereocenters. The highest BCUT2D eigenvalue weighted by atomic mass is 16.1. The minimum Gasteiger partial charge on any atom is -0.399 e. The normalized spacial score (nSPS) is 10.9. The van der Waals surface area contributed by atoms with Gasteiger partial charge in [-0.1, -0.05) is 0 Å². The molecule has 0 saturated carbocycles. The Morgan fingerprint density at radius 1 is 1.23 bits per heavy atom. The van der Waals surface area contributed by atoms with E-state index in [9.17, 15) is 4.79 Å². The first-order valence-electron chi connectivity index (χ1n) is 4.02. The van der Waals surface area contributed by atoms with Gasteiger partial charge < -0.3 is 5.73 Å². The largest absolute Gasteiger partial charge is 0.399 e. The van der Waals surface area contributed by atoms with E-state index in [4.69, 9.17) is 5.73 Å². The van der Waals surface area contributed by atoms with Gasteiger partial charge in [0, 0.05) is 19.8 Å². The molecule has 0 aliphatic heterocycles. The molecule has 68 valence electrons. The Bertz CT molecular complexity index is 521. The molecule has 0 bridgehead atoms. The third kappa shape index (κ3) is 0.950. The van der Waals surface area contributed by atoms with Crippen molar-refractivity contribution in [3.05, 3.63) is 28.6 Å². The first-order chi connectivity index (χ1) is 6.11. The molecule has 0 amide bonds. The summed E-state index contributed by atoms with van der Waals surface area (Å²) < 4.78 is 3.35. The molecule has 4 heteroatoms. The molecule has 2 N–H and O–H groups in total. The van der Waals surface area contributed by atoms with E-state index in [0.717, 1.165) is 5.52 Å². The summed E-state index contributed by atoms with van der Waals surface area (Å²) >= 11 is 0. The lowest BCUT2D eigenvalue weighted by Gasteiger charge is -1.99. The van der Waals surface area contributed by atoms with E-state index < -0.39 is 0 Å². The van der Waals surface area contributed by atoms with Gasteiger partial charge in [-0.25, -0.2) is 0 Å². The number of hydrogen-bond acceptors (Lipinski definition) is 2. The third-order valence-electron chi connectivity index (χ3n) is 2.34. The molecular weight excluding hydrogens is 166 g/mol. The number of benzene rings is 1. The molecule has 13 heavy (non-hydrogen) atoms. The van der Waals surface area contributed by atoms with Gasteiger partial charge in [0.1, 0.15) is 0 Å². The van der Waals surface area contributed by atoms with Gasteiger partial charge in [-0.2, -0.15) is 0 Å². The molecule has 1 aromatic carbocycles. The van der Waals surface area contributed by atoms with E-state index in [0.29, 0.717) is 11.1 Å². The Morgan fingerprint density at radius 2 is 1.92 bits per heavy atom. The topological polar surface area (TPSA) is 52.9 Å². The highest BCUT2D eigenvalue weighted by molar-refractivity contribution is 5.81. The SMILES string of the molecule is Cn1c(=O)c2ccc(N)cc2n1C. The van der Waals surface area contributed by atoms with Gasteiger partial charge in [-0.15, -0.1) is 0 Å². The molecule has 2 aromatic rings. The van der Waals surface area contributed by atoms with Crippen LogP contribution in [0.1, 0.15) is 0 Å². The lowest BCUT2D eigenvalue weighted by Crippen LogP contribution is -2.16. The van der Waals surface area contributed by atoms with E-state index in [1.807, 2.05) is 7.05 Å². The quantitative estimate of drug-likeness (QED) is 0.594. The molecule has 0 aliphatic carbocycles. The van der Waals surface area contributed by atoms with Crippen molar-refractivity contribution in [2.75, 3.05) is 5.73 Å². The molecule has 0 radical (unpaired) electrons. The standard InChI is InChI=1S/C9H11N3O/c1-11-8-5-6(10)3-4-7(8)9(13)12(11)2/h3-5H,10H2,1-2H3. The number of aryl methyl sites for hydroxylation is 1. The van der Waals surface area contributed by atoms with Crippen LogP contribution >= 0.6 is 0 Å².